The predicted molar refractivity (Wildman–Crippen MR) is 95.9 cm³/mol. The highest BCUT2D eigenvalue weighted by atomic mass is 16.3. The first-order valence-corrected chi connectivity index (χ1v) is 9.48. The second-order valence-corrected chi connectivity index (χ2v) is 9.18. The van der Waals surface area contributed by atoms with Gasteiger partial charge in [-0.15, -0.1) is 0 Å². The van der Waals surface area contributed by atoms with Crippen LogP contribution in [0.2, 0.25) is 0 Å². The van der Waals surface area contributed by atoms with E-state index in [2.05, 4.69) is 39.2 Å². The topological polar surface area (TPSA) is 44.0 Å². The van der Waals surface area contributed by atoms with Crippen LogP contribution in [-0.2, 0) is 0 Å². The summed E-state index contributed by atoms with van der Waals surface area (Å²) in [5, 5.41) is 19.8. The summed E-state index contributed by atoms with van der Waals surface area (Å²) in [4.78, 5) is 0. The molecule has 0 aromatic carbocycles. The van der Waals surface area contributed by atoms with Crippen molar-refractivity contribution in [3.05, 3.63) is 36.0 Å². The van der Waals surface area contributed by atoms with Crippen molar-refractivity contribution in [2.24, 2.45) is 34.5 Å². The summed E-state index contributed by atoms with van der Waals surface area (Å²) in [5.74, 6) is 1.57. The molecule has 0 heterocycles. The summed E-state index contributed by atoms with van der Waals surface area (Å²) in [7, 11) is 0. The third-order valence-corrected chi connectivity index (χ3v) is 8.22. The van der Waals surface area contributed by atoms with Gasteiger partial charge in [0.1, 0.15) is 0 Å². The van der Waals surface area contributed by atoms with Crippen LogP contribution in [0.25, 0.3) is 0 Å². The van der Waals surface area contributed by atoms with Gasteiger partial charge in [-0.3, -0.25) is 0 Å². The summed E-state index contributed by atoms with van der Waals surface area (Å²) in [5.41, 5.74) is 3.88. The molecule has 2 nitrogen and oxygen atoms in total. The van der Waals surface area contributed by atoms with Gasteiger partial charge in [0.05, 0.1) is 18.1 Å². The van der Waals surface area contributed by atoms with Crippen LogP contribution in [-0.4, -0.2) is 11.2 Å². The first-order chi connectivity index (χ1) is 11.3. The fourth-order valence-corrected chi connectivity index (χ4v) is 6.87. The molecule has 24 heavy (non-hydrogen) atoms. The van der Waals surface area contributed by atoms with Crippen LogP contribution in [0, 0.1) is 45.8 Å². The van der Waals surface area contributed by atoms with E-state index in [9.17, 15) is 10.4 Å². The van der Waals surface area contributed by atoms with Gasteiger partial charge in [0.25, 0.3) is 0 Å². The number of nitriles is 1. The Morgan fingerprint density at radius 3 is 2.67 bits per heavy atom. The normalized spacial score (nSPS) is 50.4. The third-order valence-electron chi connectivity index (χ3n) is 8.22. The highest BCUT2D eigenvalue weighted by Gasteiger charge is 2.61. The molecule has 3 fully saturated rings. The van der Waals surface area contributed by atoms with Crippen LogP contribution in [0.5, 0.6) is 0 Å². The Labute approximate surface area is 145 Å². The van der Waals surface area contributed by atoms with Crippen LogP contribution in [0.15, 0.2) is 36.0 Å². The molecule has 2 heteroatoms. The van der Waals surface area contributed by atoms with Gasteiger partial charge in [0.2, 0.25) is 0 Å². The number of allylic oxidation sites excluding steroid dienone is 3. The lowest BCUT2D eigenvalue weighted by atomic mass is 9.47. The quantitative estimate of drug-likeness (QED) is 0.652. The van der Waals surface area contributed by atoms with E-state index in [1.54, 1.807) is 0 Å². The molecule has 0 aliphatic heterocycles. The molecule has 4 aliphatic carbocycles. The molecule has 1 N–H and O–H groups in total. The Hall–Kier alpha value is -1.33. The number of rotatable bonds is 0. The Morgan fingerprint density at radius 2 is 1.96 bits per heavy atom. The average Bonchev–Trinajstić information content (AvgIpc) is 2.74. The number of hydrogen-bond acceptors (Lipinski definition) is 2. The molecule has 0 radical (unpaired) electrons. The standard InChI is InChI=1S/C22H29NO/c1-13-14(2)20-17-6-5-15-11-16(24)7-9-21(15,3)18(17)8-10-22(20,4)19(13)12-23/h5,16-20,24H,1-2,6-11H2,3-4H3/t16?,17-,18-,19?,20+,21+,22-/m1/s1. The largest absolute Gasteiger partial charge is 0.393 e. The van der Waals surface area contributed by atoms with Gasteiger partial charge in [-0.25, -0.2) is 0 Å². The maximum atomic E-state index is 10.1. The maximum absolute atomic E-state index is 10.1. The molecular formula is C22H29NO. The van der Waals surface area contributed by atoms with E-state index >= 15 is 0 Å². The van der Waals surface area contributed by atoms with E-state index in [1.165, 1.54) is 12.0 Å². The van der Waals surface area contributed by atoms with Crippen molar-refractivity contribution < 1.29 is 5.11 Å². The lowest BCUT2D eigenvalue weighted by molar-refractivity contribution is -0.0335. The van der Waals surface area contributed by atoms with Crippen LogP contribution in [0.3, 0.4) is 0 Å². The Balaban J connectivity index is 1.75. The van der Waals surface area contributed by atoms with Crippen LogP contribution < -0.4 is 0 Å². The highest BCUT2D eigenvalue weighted by Crippen LogP contribution is 2.68. The minimum atomic E-state index is -0.154. The van der Waals surface area contributed by atoms with Gasteiger partial charge in [-0.05, 0) is 78.3 Å². The molecule has 0 amide bonds. The van der Waals surface area contributed by atoms with Crippen molar-refractivity contribution >= 4 is 0 Å². The number of hydrogen-bond donors (Lipinski definition) is 1. The number of fused-ring (bicyclic) bond motifs is 5. The number of nitrogens with zero attached hydrogens (tertiary/aromatic N) is 1. The van der Waals surface area contributed by atoms with E-state index in [1.807, 2.05) is 0 Å². The fourth-order valence-electron chi connectivity index (χ4n) is 6.87. The summed E-state index contributed by atoms with van der Waals surface area (Å²) in [6, 6.07) is 2.54. The monoisotopic (exact) mass is 323 g/mol. The lowest BCUT2D eigenvalue weighted by Crippen LogP contribution is -2.50. The number of aliphatic hydroxyl groups excluding tert-OH is 1. The van der Waals surface area contributed by atoms with Crippen molar-refractivity contribution in [1.29, 1.82) is 5.26 Å². The Morgan fingerprint density at radius 1 is 1.21 bits per heavy atom. The zero-order valence-electron chi connectivity index (χ0n) is 15.0. The van der Waals surface area contributed by atoms with Crippen LogP contribution >= 0.6 is 0 Å². The Bertz CT molecular complexity index is 683. The molecule has 4 aliphatic rings. The molecule has 128 valence electrons. The SMILES string of the molecule is C=C1C(=C)[C@H]2[C@@H]3CC=C4CC(O)CC[C@]4(C)[C@@H]3CC[C@]2(C)C1C#N. The Kier molecular flexibility index (Phi) is 3.42. The molecule has 3 saturated carbocycles. The highest BCUT2D eigenvalue weighted by molar-refractivity contribution is 5.45. The fraction of sp³-hybridized carbons (Fsp3) is 0.682. The third kappa shape index (κ3) is 1.85. The van der Waals surface area contributed by atoms with Gasteiger partial charge in [0.15, 0.2) is 0 Å². The van der Waals surface area contributed by atoms with E-state index in [-0.39, 0.29) is 22.9 Å². The molecule has 0 bridgehead atoms. The maximum Gasteiger partial charge on any atom is 0.0769 e. The van der Waals surface area contributed by atoms with Crippen molar-refractivity contribution in [3.8, 4) is 6.07 Å². The average molecular weight is 323 g/mol. The zero-order chi connectivity index (χ0) is 17.3. The summed E-state index contributed by atoms with van der Waals surface area (Å²) in [6.45, 7) is 13.3. The van der Waals surface area contributed by atoms with Crippen molar-refractivity contribution in [2.45, 2.75) is 58.5 Å². The van der Waals surface area contributed by atoms with E-state index in [4.69, 9.17) is 0 Å². The molecule has 7 atom stereocenters. The van der Waals surface area contributed by atoms with Gasteiger partial charge in [-0.2, -0.15) is 5.26 Å². The van der Waals surface area contributed by atoms with Gasteiger partial charge < -0.3 is 5.11 Å². The summed E-state index contributed by atoms with van der Waals surface area (Å²) < 4.78 is 0. The molecule has 0 saturated heterocycles. The number of aliphatic hydroxyl groups is 1. The van der Waals surface area contributed by atoms with Crippen LogP contribution in [0.1, 0.15) is 52.4 Å². The second-order valence-electron chi connectivity index (χ2n) is 9.18. The zero-order valence-corrected chi connectivity index (χ0v) is 15.0. The first kappa shape index (κ1) is 16.2. The summed E-state index contributed by atoms with van der Waals surface area (Å²) >= 11 is 0. The van der Waals surface area contributed by atoms with Gasteiger partial charge in [-0.1, -0.05) is 38.7 Å². The summed E-state index contributed by atoms with van der Waals surface area (Å²) in [6.07, 6.45) is 8.52. The predicted octanol–water partition coefficient (Wildman–Crippen LogP) is 4.78. The van der Waals surface area contributed by atoms with Gasteiger partial charge in [0, 0.05) is 0 Å². The van der Waals surface area contributed by atoms with Crippen LogP contribution in [0.4, 0.5) is 0 Å². The van der Waals surface area contributed by atoms with E-state index < -0.39 is 0 Å². The van der Waals surface area contributed by atoms with E-state index in [0.29, 0.717) is 17.8 Å². The molecule has 0 aromatic heterocycles. The minimum Gasteiger partial charge on any atom is -0.393 e. The van der Waals surface area contributed by atoms with Crippen molar-refractivity contribution in [1.82, 2.24) is 0 Å². The molecule has 2 unspecified atom stereocenters. The molecule has 4 rings (SSSR count). The van der Waals surface area contributed by atoms with Gasteiger partial charge >= 0.3 is 0 Å². The molecular weight excluding hydrogens is 294 g/mol. The lowest BCUT2D eigenvalue weighted by Gasteiger charge is -2.57. The smallest absolute Gasteiger partial charge is 0.0769 e. The molecule has 0 spiro atoms. The second kappa shape index (κ2) is 5.09. The molecule has 0 aromatic rings. The van der Waals surface area contributed by atoms with Crippen molar-refractivity contribution in [3.63, 3.8) is 0 Å². The van der Waals surface area contributed by atoms with E-state index in [0.717, 1.165) is 43.3 Å². The first-order valence-electron chi connectivity index (χ1n) is 9.48. The minimum absolute atomic E-state index is 0.0139. The van der Waals surface area contributed by atoms with Crippen molar-refractivity contribution in [2.75, 3.05) is 0 Å².